The molecular weight excluding hydrogens is 322 g/mol. The van der Waals surface area contributed by atoms with Crippen molar-refractivity contribution in [2.24, 2.45) is 0 Å². The van der Waals surface area contributed by atoms with Gasteiger partial charge >= 0.3 is 5.97 Å². The predicted molar refractivity (Wildman–Crippen MR) is 80.5 cm³/mol. The highest BCUT2D eigenvalue weighted by molar-refractivity contribution is 9.10. The molecule has 106 valence electrons. The lowest BCUT2D eigenvalue weighted by Crippen LogP contribution is -2.12. The summed E-state index contributed by atoms with van der Waals surface area (Å²) >= 11 is 3.48. The van der Waals surface area contributed by atoms with Crippen molar-refractivity contribution in [1.82, 2.24) is 4.57 Å². The van der Waals surface area contributed by atoms with Gasteiger partial charge in [0.05, 0.1) is 19.6 Å². The number of halogens is 1. The topological polar surface area (TPSA) is 48.3 Å². The molecule has 4 nitrogen and oxygen atoms in total. The summed E-state index contributed by atoms with van der Waals surface area (Å²) in [6, 6.07) is 7.87. The first-order chi connectivity index (χ1) is 9.61. The summed E-state index contributed by atoms with van der Waals surface area (Å²) in [6.07, 6.45) is 2.25. The van der Waals surface area contributed by atoms with Crippen LogP contribution >= 0.6 is 15.9 Å². The molecule has 5 heteroatoms. The molecule has 0 atom stereocenters. The van der Waals surface area contributed by atoms with Crippen LogP contribution in [-0.2, 0) is 20.9 Å². The molecule has 0 unspecified atom stereocenters. The third-order valence-electron chi connectivity index (χ3n) is 3.00. The Morgan fingerprint density at radius 3 is 2.75 bits per heavy atom. The zero-order valence-corrected chi connectivity index (χ0v) is 12.9. The fourth-order valence-corrected chi connectivity index (χ4v) is 2.66. The van der Waals surface area contributed by atoms with Gasteiger partial charge in [-0.1, -0.05) is 18.2 Å². The van der Waals surface area contributed by atoms with Gasteiger partial charge in [-0.05, 0) is 28.9 Å². The number of ether oxygens (including phenoxy) is 1. The van der Waals surface area contributed by atoms with E-state index >= 15 is 0 Å². The van der Waals surface area contributed by atoms with E-state index in [1.165, 1.54) is 0 Å². The molecule has 0 aliphatic carbocycles. The first-order valence-electron chi connectivity index (χ1n) is 6.52. The quantitative estimate of drug-likeness (QED) is 0.759. The normalized spacial score (nSPS) is 10.7. The summed E-state index contributed by atoms with van der Waals surface area (Å²) in [4.78, 5) is 23.2. The lowest BCUT2D eigenvalue weighted by Gasteiger charge is -2.05. The Balaban J connectivity index is 2.01. The number of carbonyl (C=O) groups excluding carboxylic acids is 2. The summed E-state index contributed by atoms with van der Waals surface area (Å²) in [7, 11) is 0. The van der Waals surface area contributed by atoms with Gasteiger partial charge in [0.25, 0.3) is 0 Å². The smallest absolute Gasteiger partial charge is 0.306 e. The van der Waals surface area contributed by atoms with E-state index in [0.717, 1.165) is 15.4 Å². The van der Waals surface area contributed by atoms with Gasteiger partial charge in [0.2, 0.25) is 0 Å². The number of carbonyl (C=O) groups is 2. The van der Waals surface area contributed by atoms with Gasteiger partial charge in [-0.3, -0.25) is 9.59 Å². The molecular formula is C15H16BrNO3. The molecule has 0 bridgehead atoms. The molecule has 1 heterocycles. The third kappa shape index (κ3) is 3.48. The number of benzene rings is 1. The molecule has 1 aromatic heterocycles. The van der Waals surface area contributed by atoms with E-state index < -0.39 is 0 Å². The minimum atomic E-state index is -0.320. The number of hydrogen-bond donors (Lipinski definition) is 0. The standard InChI is InChI=1S/C15H16BrNO3/c1-2-20-15(19)8-7-11(18)9-17-10-13(16)12-5-3-4-6-14(12)17/h3-6,10H,2,7-9H2,1H3. The maximum absolute atomic E-state index is 11.9. The second-order valence-corrected chi connectivity index (χ2v) is 5.32. The lowest BCUT2D eigenvalue weighted by atomic mass is 10.2. The molecule has 1 aromatic carbocycles. The average Bonchev–Trinajstić information content (AvgIpc) is 2.74. The van der Waals surface area contributed by atoms with Crippen LogP contribution in [0.3, 0.4) is 0 Å². The molecule has 2 aromatic rings. The van der Waals surface area contributed by atoms with E-state index in [-0.39, 0.29) is 31.1 Å². The summed E-state index contributed by atoms with van der Waals surface area (Å²) in [5.41, 5.74) is 1.00. The Morgan fingerprint density at radius 1 is 1.25 bits per heavy atom. The molecule has 0 saturated heterocycles. The molecule has 0 spiro atoms. The van der Waals surface area contributed by atoms with Crippen LogP contribution in [0.15, 0.2) is 34.9 Å². The van der Waals surface area contributed by atoms with Gasteiger partial charge in [0.15, 0.2) is 5.78 Å². The van der Waals surface area contributed by atoms with E-state index in [2.05, 4.69) is 15.9 Å². The van der Waals surface area contributed by atoms with Crippen LogP contribution in [0.25, 0.3) is 10.9 Å². The highest BCUT2D eigenvalue weighted by atomic mass is 79.9. The second kappa shape index (κ2) is 6.70. The minimum absolute atomic E-state index is 0.0197. The first kappa shape index (κ1) is 14.8. The molecule has 0 aliphatic heterocycles. The van der Waals surface area contributed by atoms with Crippen LogP contribution in [0, 0.1) is 0 Å². The number of fused-ring (bicyclic) bond motifs is 1. The van der Waals surface area contributed by atoms with E-state index in [1.54, 1.807) is 6.92 Å². The van der Waals surface area contributed by atoms with E-state index in [4.69, 9.17) is 4.74 Å². The number of hydrogen-bond acceptors (Lipinski definition) is 3. The maximum atomic E-state index is 11.9. The van der Waals surface area contributed by atoms with Crippen molar-refractivity contribution in [2.45, 2.75) is 26.3 Å². The largest absolute Gasteiger partial charge is 0.466 e. The van der Waals surface area contributed by atoms with Gasteiger partial charge in [0, 0.05) is 28.0 Å². The van der Waals surface area contributed by atoms with Crippen molar-refractivity contribution in [3.63, 3.8) is 0 Å². The highest BCUT2D eigenvalue weighted by Gasteiger charge is 2.11. The van der Waals surface area contributed by atoms with Gasteiger partial charge in [-0.2, -0.15) is 0 Å². The summed E-state index contributed by atoms with van der Waals surface area (Å²) in [5.74, 6) is -0.300. The zero-order chi connectivity index (χ0) is 14.5. The molecule has 20 heavy (non-hydrogen) atoms. The van der Waals surface area contributed by atoms with Gasteiger partial charge in [0.1, 0.15) is 0 Å². The predicted octanol–water partition coefficient (Wildman–Crippen LogP) is 3.32. The fourth-order valence-electron chi connectivity index (χ4n) is 2.08. The van der Waals surface area contributed by atoms with Crippen LogP contribution < -0.4 is 0 Å². The average molecular weight is 338 g/mol. The zero-order valence-electron chi connectivity index (χ0n) is 11.3. The van der Waals surface area contributed by atoms with Gasteiger partial charge in [-0.15, -0.1) is 0 Å². The summed E-state index contributed by atoms with van der Waals surface area (Å²) in [5, 5.41) is 1.07. The van der Waals surface area contributed by atoms with Crippen molar-refractivity contribution in [3.8, 4) is 0 Å². The van der Waals surface area contributed by atoms with E-state index in [1.807, 2.05) is 35.0 Å². The van der Waals surface area contributed by atoms with E-state index in [0.29, 0.717) is 6.61 Å². The van der Waals surface area contributed by atoms with Gasteiger partial charge < -0.3 is 9.30 Å². The Bertz CT molecular complexity index is 633. The number of Topliss-reactive ketones (excluding diaryl/α,β-unsaturated/α-hetero) is 1. The number of ketones is 1. The van der Waals surface area contributed by atoms with Crippen molar-refractivity contribution >= 4 is 38.6 Å². The minimum Gasteiger partial charge on any atom is -0.466 e. The number of nitrogens with zero attached hydrogens (tertiary/aromatic N) is 1. The number of rotatable bonds is 6. The van der Waals surface area contributed by atoms with Crippen molar-refractivity contribution in [3.05, 3.63) is 34.9 Å². The summed E-state index contributed by atoms with van der Waals surface area (Å²) in [6.45, 7) is 2.37. The van der Waals surface area contributed by atoms with Crippen LogP contribution in [0.2, 0.25) is 0 Å². The van der Waals surface area contributed by atoms with Crippen LogP contribution in [-0.4, -0.2) is 22.9 Å². The van der Waals surface area contributed by atoms with Gasteiger partial charge in [-0.25, -0.2) is 0 Å². The first-order valence-corrected chi connectivity index (χ1v) is 7.31. The molecule has 0 fully saturated rings. The number of aromatic nitrogens is 1. The van der Waals surface area contributed by atoms with E-state index in [9.17, 15) is 9.59 Å². The summed E-state index contributed by atoms with van der Waals surface area (Å²) < 4.78 is 7.67. The molecule has 0 saturated carbocycles. The van der Waals surface area contributed by atoms with Crippen LogP contribution in [0.4, 0.5) is 0 Å². The molecule has 2 rings (SSSR count). The Kier molecular flexibility index (Phi) is 4.95. The van der Waals surface area contributed by atoms with Crippen molar-refractivity contribution in [1.29, 1.82) is 0 Å². The molecule has 0 amide bonds. The highest BCUT2D eigenvalue weighted by Crippen LogP contribution is 2.25. The van der Waals surface area contributed by atoms with Crippen molar-refractivity contribution in [2.75, 3.05) is 6.61 Å². The van der Waals surface area contributed by atoms with Crippen LogP contribution in [0.1, 0.15) is 19.8 Å². The van der Waals surface area contributed by atoms with Crippen LogP contribution in [0.5, 0.6) is 0 Å². The maximum Gasteiger partial charge on any atom is 0.306 e. The monoisotopic (exact) mass is 337 g/mol. The molecule has 0 N–H and O–H groups in total. The third-order valence-corrected chi connectivity index (χ3v) is 3.63. The SMILES string of the molecule is CCOC(=O)CCC(=O)Cn1cc(Br)c2ccccc21. The molecule has 0 radical (unpaired) electrons. The Hall–Kier alpha value is -1.62. The van der Waals surface area contributed by atoms with Crippen molar-refractivity contribution < 1.29 is 14.3 Å². The Morgan fingerprint density at radius 2 is 2.00 bits per heavy atom. The second-order valence-electron chi connectivity index (χ2n) is 4.47. The number of para-hydroxylation sites is 1. The fraction of sp³-hybridized carbons (Fsp3) is 0.333. The number of esters is 1. The lowest BCUT2D eigenvalue weighted by molar-refractivity contribution is -0.144. The Labute approximate surface area is 125 Å². The molecule has 0 aliphatic rings.